The maximum Gasteiger partial charge on any atom is 0.230 e. The first-order valence-corrected chi connectivity index (χ1v) is 8.62. The number of amides is 1. The highest BCUT2D eigenvalue weighted by atomic mass is 35.5. The Morgan fingerprint density at radius 3 is 3.22 bits per heavy atom. The summed E-state index contributed by atoms with van der Waals surface area (Å²) >= 11 is 6.07. The first-order valence-electron chi connectivity index (χ1n) is 8.18. The quantitative estimate of drug-likeness (QED) is 0.468. The van der Waals surface area contributed by atoms with Crippen LogP contribution in [-0.4, -0.2) is 73.2 Å². The highest BCUT2D eigenvalue weighted by Gasteiger charge is 2.46. The molecule has 23 heavy (non-hydrogen) atoms. The van der Waals surface area contributed by atoms with Crippen molar-refractivity contribution in [3.05, 3.63) is 0 Å². The van der Waals surface area contributed by atoms with Crippen LogP contribution in [0, 0.1) is 5.92 Å². The number of rotatable bonds is 4. The number of nitrogens with zero attached hydrogens (tertiary/aromatic N) is 2. The lowest BCUT2D eigenvalue weighted by atomic mass is 9.99. The van der Waals surface area contributed by atoms with E-state index in [9.17, 15) is 4.79 Å². The molecule has 3 rings (SSSR count). The zero-order chi connectivity index (χ0) is 16.4. The molecule has 5 N–H and O–H groups in total. The fourth-order valence-corrected chi connectivity index (χ4v) is 3.66. The van der Waals surface area contributed by atoms with Gasteiger partial charge < -0.3 is 21.1 Å². The van der Waals surface area contributed by atoms with E-state index in [-0.39, 0.29) is 29.6 Å². The fraction of sp³-hybridized carbons (Fsp3) is 0.857. The van der Waals surface area contributed by atoms with Crippen LogP contribution in [0.2, 0.25) is 0 Å². The third kappa shape index (κ3) is 3.67. The normalized spacial score (nSPS) is 40.8. The van der Waals surface area contributed by atoms with Crippen LogP contribution in [0.3, 0.4) is 0 Å². The molecule has 0 aliphatic carbocycles. The zero-order valence-electron chi connectivity index (χ0n) is 13.2. The van der Waals surface area contributed by atoms with Gasteiger partial charge in [0.15, 0.2) is 0 Å². The maximum atomic E-state index is 12.8. The number of ether oxygens (including phenoxy) is 1. The van der Waals surface area contributed by atoms with E-state index in [1.165, 1.54) is 0 Å². The molecule has 0 saturated carbocycles. The number of nitrogens with one attached hydrogen (secondary N) is 3. The minimum absolute atomic E-state index is 0.0361. The molecule has 0 spiro atoms. The number of nitrogens with two attached hydrogens (primary N) is 1. The summed E-state index contributed by atoms with van der Waals surface area (Å²) in [4.78, 5) is 17.2. The minimum Gasteiger partial charge on any atom is -0.376 e. The van der Waals surface area contributed by atoms with E-state index in [2.05, 4.69) is 21.1 Å². The van der Waals surface area contributed by atoms with Crippen molar-refractivity contribution in [3.63, 3.8) is 0 Å². The number of aliphatic imine (C=N–C) groups is 1. The van der Waals surface area contributed by atoms with Gasteiger partial charge in [-0.2, -0.15) is 0 Å². The highest BCUT2D eigenvalue weighted by molar-refractivity contribution is 6.28. The summed E-state index contributed by atoms with van der Waals surface area (Å²) in [5.74, 6) is -0.541. The standard InChI is InChI=1S/C14H25ClN6O2/c1-2-23-10-3-4-17-6-9(10)19-14(22)11-12(16)20-21-7-8(15)5-18-13(11)21/h5,8-13,17,20H,2-4,6-7,16H2,1H3,(H,19,22). The van der Waals surface area contributed by atoms with E-state index in [1.54, 1.807) is 6.21 Å². The Balaban J connectivity index is 1.66. The fourth-order valence-electron chi connectivity index (χ4n) is 3.45. The monoisotopic (exact) mass is 344 g/mol. The molecule has 2 fully saturated rings. The van der Waals surface area contributed by atoms with Gasteiger partial charge in [-0.05, 0) is 19.9 Å². The van der Waals surface area contributed by atoms with Crippen LogP contribution in [-0.2, 0) is 9.53 Å². The molecule has 6 unspecified atom stereocenters. The maximum absolute atomic E-state index is 12.8. The van der Waals surface area contributed by atoms with E-state index in [4.69, 9.17) is 22.1 Å². The number of carbonyl (C=O) groups excluding carboxylic acids is 1. The van der Waals surface area contributed by atoms with Gasteiger partial charge in [-0.3, -0.25) is 9.79 Å². The van der Waals surface area contributed by atoms with Crippen LogP contribution in [0.15, 0.2) is 4.99 Å². The van der Waals surface area contributed by atoms with E-state index >= 15 is 0 Å². The third-order valence-corrected chi connectivity index (χ3v) is 4.79. The van der Waals surface area contributed by atoms with E-state index in [0.717, 1.165) is 13.0 Å². The summed E-state index contributed by atoms with van der Waals surface area (Å²) in [6, 6.07) is -0.0502. The minimum atomic E-state index is -0.471. The summed E-state index contributed by atoms with van der Waals surface area (Å²) in [6.07, 6.45) is 1.83. The zero-order valence-corrected chi connectivity index (χ0v) is 14.0. The number of hydrazine groups is 1. The highest BCUT2D eigenvalue weighted by Crippen LogP contribution is 2.25. The second kappa shape index (κ2) is 7.42. The number of piperidine rings is 1. The van der Waals surface area contributed by atoms with Gasteiger partial charge in [0.1, 0.15) is 12.1 Å². The lowest BCUT2D eigenvalue weighted by molar-refractivity contribution is -0.128. The number of halogens is 1. The van der Waals surface area contributed by atoms with E-state index in [0.29, 0.717) is 19.7 Å². The van der Waals surface area contributed by atoms with Gasteiger partial charge in [-0.1, -0.05) is 0 Å². The summed E-state index contributed by atoms with van der Waals surface area (Å²) in [5, 5.41) is 8.07. The average Bonchev–Trinajstić information content (AvgIpc) is 2.84. The first-order chi connectivity index (χ1) is 11.1. The Hall–Kier alpha value is -0.770. The number of hydrogen-bond acceptors (Lipinski definition) is 7. The van der Waals surface area contributed by atoms with Gasteiger partial charge in [0.2, 0.25) is 5.91 Å². The van der Waals surface area contributed by atoms with Crippen molar-refractivity contribution in [1.82, 2.24) is 21.1 Å². The molecular formula is C14H25ClN6O2. The molecule has 8 nitrogen and oxygen atoms in total. The van der Waals surface area contributed by atoms with E-state index in [1.807, 2.05) is 11.9 Å². The average molecular weight is 345 g/mol. The van der Waals surface area contributed by atoms with Crippen molar-refractivity contribution in [3.8, 4) is 0 Å². The van der Waals surface area contributed by atoms with Crippen molar-refractivity contribution < 1.29 is 9.53 Å². The van der Waals surface area contributed by atoms with Gasteiger partial charge in [-0.15, -0.1) is 11.6 Å². The van der Waals surface area contributed by atoms with Crippen LogP contribution < -0.4 is 21.8 Å². The van der Waals surface area contributed by atoms with Gasteiger partial charge in [-0.25, -0.2) is 10.4 Å². The Labute approximate surface area is 141 Å². The second-order valence-corrected chi connectivity index (χ2v) is 6.72. The molecule has 0 radical (unpaired) electrons. The molecule has 9 heteroatoms. The van der Waals surface area contributed by atoms with Crippen molar-refractivity contribution >= 4 is 23.7 Å². The van der Waals surface area contributed by atoms with Gasteiger partial charge in [0.05, 0.1) is 23.7 Å². The lowest BCUT2D eigenvalue weighted by Crippen LogP contribution is -2.58. The molecule has 2 saturated heterocycles. The van der Waals surface area contributed by atoms with Crippen molar-refractivity contribution in [2.24, 2.45) is 16.6 Å². The number of hydrogen-bond donors (Lipinski definition) is 4. The second-order valence-electron chi connectivity index (χ2n) is 6.16. The molecule has 3 aliphatic rings. The lowest BCUT2D eigenvalue weighted by Gasteiger charge is -2.34. The summed E-state index contributed by atoms with van der Waals surface area (Å²) < 4.78 is 5.75. The smallest absolute Gasteiger partial charge is 0.230 e. The van der Waals surface area contributed by atoms with Crippen LogP contribution in [0.5, 0.6) is 0 Å². The topological polar surface area (TPSA) is 104 Å². The van der Waals surface area contributed by atoms with Gasteiger partial charge in [0, 0.05) is 25.9 Å². The molecule has 3 aliphatic heterocycles. The number of alkyl halides is 1. The summed E-state index contributed by atoms with van der Waals surface area (Å²) in [7, 11) is 0. The van der Waals surface area contributed by atoms with Gasteiger partial charge in [0.25, 0.3) is 0 Å². The van der Waals surface area contributed by atoms with E-state index < -0.39 is 12.1 Å². The number of carbonyl (C=O) groups is 1. The summed E-state index contributed by atoms with van der Waals surface area (Å²) in [5.41, 5.74) is 9.20. The molecule has 130 valence electrons. The SMILES string of the molecule is CCOC1CCNCC1NC(=O)C1C(N)NN2CC(Cl)C=NC12. The summed E-state index contributed by atoms with van der Waals surface area (Å²) in [6.45, 7) is 4.79. The van der Waals surface area contributed by atoms with Crippen LogP contribution in [0.4, 0.5) is 0 Å². The predicted octanol–water partition coefficient (Wildman–Crippen LogP) is -1.39. The Kier molecular flexibility index (Phi) is 5.50. The molecule has 0 aromatic carbocycles. The molecule has 0 bridgehead atoms. The van der Waals surface area contributed by atoms with Crippen LogP contribution in [0.25, 0.3) is 0 Å². The van der Waals surface area contributed by atoms with Crippen LogP contribution in [0.1, 0.15) is 13.3 Å². The Bertz CT molecular complexity index is 463. The largest absolute Gasteiger partial charge is 0.376 e. The predicted molar refractivity (Wildman–Crippen MR) is 88.1 cm³/mol. The molecule has 6 atom stereocenters. The van der Waals surface area contributed by atoms with Crippen molar-refractivity contribution in [2.45, 2.75) is 43.2 Å². The Morgan fingerprint density at radius 1 is 1.61 bits per heavy atom. The molecular weight excluding hydrogens is 320 g/mol. The molecule has 0 aromatic rings. The van der Waals surface area contributed by atoms with Crippen molar-refractivity contribution in [1.29, 1.82) is 0 Å². The number of fused-ring (bicyclic) bond motifs is 1. The Morgan fingerprint density at radius 2 is 2.43 bits per heavy atom. The molecule has 1 amide bonds. The molecule has 3 heterocycles. The third-order valence-electron chi connectivity index (χ3n) is 4.54. The van der Waals surface area contributed by atoms with Crippen molar-refractivity contribution in [2.75, 3.05) is 26.2 Å². The molecule has 0 aromatic heterocycles. The first kappa shape index (κ1) is 17.1. The van der Waals surface area contributed by atoms with Crippen LogP contribution >= 0.6 is 11.6 Å². The van der Waals surface area contributed by atoms with Gasteiger partial charge >= 0.3 is 0 Å².